The number of nitrogens with zero attached hydrogens (tertiary/aromatic N) is 3. The summed E-state index contributed by atoms with van der Waals surface area (Å²) in [4.78, 5) is 4.42. The smallest absolute Gasteiger partial charge is 0.213 e. The minimum absolute atomic E-state index is 0.634. The van der Waals surface area contributed by atoms with Gasteiger partial charge in [-0.25, -0.2) is 4.98 Å². The largest absolute Gasteiger partial charge is 0.481 e. The third-order valence-corrected chi connectivity index (χ3v) is 3.21. The summed E-state index contributed by atoms with van der Waals surface area (Å²) in [6, 6.07) is 10.1. The van der Waals surface area contributed by atoms with E-state index in [1.54, 1.807) is 7.11 Å². The molecule has 19 heavy (non-hydrogen) atoms. The third kappa shape index (κ3) is 1.95. The molecular weight excluding hydrogens is 238 g/mol. The number of fused-ring (bicyclic) bond motifs is 1. The van der Waals surface area contributed by atoms with Gasteiger partial charge in [0.1, 0.15) is 5.52 Å². The number of hydrogen-bond donors (Lipinski definition) is 0. The first-order chi connectivity index (χ1) is 9.19. The SMILES string of the molecule is COc1ccc(-c2cccc3cn(C)nc23)c(C)n1. The lowest BCUT2D eigenvalue weighted by Gasteiger charge is -2.07. The number of pyridine rings is 1. The predicted octanol–water partition coefficient (Wildman–Crippen LogP) is 2.95. The summed E-state index contributed by atoms with van der Waals surface area (Å²) in [7, 11) is 3.56. The molecule has 0 aliphatic carbocycles. The average molecular weight is 253 g/mol. The van der Waals surface area contributed by atoms with Gasteiger partial charge in [0.2, 0.25) is 5.88 Å². The highest BCUT2D eigenvalue weighted by molar-refractivity contribution is 5.93. The lowest BCUT2D eigenvalue weighted by Crippen LogP contribution is -1.93. The van der Waals surface area contributed by atoms with Gasteiger partial charge in [-0.2, -0.15) is 5.10 Å². The van der Waals surface area contributed by atoms with E-state index in [2.05, 4.69) is 22.2 Å². The molecule has 0 saturated heterocycles. The van der Waals surface area contributed by atoms with E-state index in [9.17, 15) is 0 Å². The molecule has 96 valence electrons. The van der Waals surface area contributed by atoms with Gasteiger partial charge in [-0.05, 0) is 13.0 Å². The van der Waals surface area contributed by atoms with Crippen molar-refractivity contribution in [3.8, 4) is 17.0 Å². The van der Waals surface area contributed by atoms with Crippen molar-refractivity contribution in [2.45, 2.75) is 6.92 Å². The van der Waals surface area contributed by atoms with Gasteiger partial charge in [-0.15, -0.1) is 0 Å². The van der Waals surface area contributed by atoms with Crippen molar-refractivity contribution in [3.63, 3.8) is 0 Å². The quantitative estimate of drug-likeness (QED) is 0.705. The highest BCUT2D eigenvalue weighted by Gasteiger charge is 2.10. The van der Waals surface area contributed by atoms with Crippen molar-refractivity contribution in [1.29, 1.82) is 0 Å². The maximum Gasteiger partial charge on any atom is 0.213 e. The number of ether oxygens (including phenoxy) is 1. The fourth-order valence-corrected chi connectivity index (χ4v) is 2.32. The first-order valence-electron chi connectivity index (χ1n) is 6.13. The molecule has 0 aliphatic heterocycles. The Morgan fingerprint density at radius 3 is 2.68 bits per heavy atom. The van der Waals surface area contributed by atoms with Crippen LogP contribution in [0.3, 0.4) is 0 Å². The van der Waals surface area contributed by atoms with Crippen LogP contribution in [0.1, 0.15) is 5.69 Å². The van der Waals surface area contributed by atoms with Crippen LogP contribution in [0.25, 0.3) is 22.0 Å². The fourth-order valence-electron chi connectivity index (χ4n) is 2.32. The van der Waals surface area contributed by atoms with E-state index < -0.39 is 0 Å². The highest BCUT2D eigenvalue weighted by Crippen LogP contribution is 2.30. The average Bonchev–Trinajstić information content (AvgIpc) is 2.78. The minimum atomic E-state index is 0.634. The molecule has 3 aromatic rings. The Morgan fingerprint density at radius 2 is 1.95 bits per heavy atom. The molecule has 4 nitrogen and oxygen atoms in total. The second-order valence-corrected chi connectivity index (χ2v) is 4.53. The fraction of sp³-hybridized carbons (Fsp3) is 0.200. The van der Waals surface area contributed by atoms with E-state index in [-0.39, 0.29) is 0 Å². The summed E-state index contributed by atoms with van der Waals surface area (Å²) in [5, 5.41) is 5.67. The van der Waals surface area contributed by atoms with Crippen LogP contribution in [-0.4, -0.2) is 21.9 Å². The van der Waals surface area contributed by atoms with E-state index in [1.807, 2.05) is 43.0 Å². The molecule has 0 N–H and O–H groups in total. The summed E-state index contributed by atoms with van der Waals surface area (Å²) < 4.78 is 6.98. The first-order valence-corrected chi connectivity index (χ1v) is 6.13. The van der Waals surface area contributed by atoms with Gasteiger partial charge in [0.05, 0.1) is 7.11 Å². The maximum absolute atomic E-state index is 5.15. The third-order valence-electron chi connectivity index (χ3n) is 3.21. The minimum Gasteiger partial charge on any atom is -0.481 e. The molecule has 0 radical (unpaired) electrons. The molecule has 0 spiro atoms. The lowest BCUT2D eigenvalue weighted by molar-refractivity contribution is 0.397. The summed E-state index contributed by atoms with van der Waals surface area (Å²) in [6.07, 6.45) is 2.02. The lowest BCUT2D eigenvalue weighted by atomic mass is 10.0. The second kappa shape index (κ2) is 4.39. The van der Waals surface area contributed by atoms with Crippen molar-refractivity contribution in [3.05, 3.63) is 42.2 Å². The number of hydrogen-bond acceptors (Lipinski definition) is 3. The molecule has 3 rings (SSSR count). The zero-order valence-corrected chi connectivity index (χ0v) is 11.2. The number of aryl methyl sites for hydroxylation is 2. The molecule has 0 bridgehead atoms. The normalized spacial score (nSPS) is 10.9. The van der Waals surface area contributed by atoms with Crippen LogP contribution in [0.5, 0.6) is 5.88 Å². The Kier molecular flexibility index (Phi) is 2.71. The zero-order valence-electron chi connectivity index (χ0n) is 11.2. The Morgan fingerprint density at radius 1 is 1.11 bits per heavy atom. The number of methoxy groups -OCH3 is 1. The number of benzene rings is 1. The van der Waals surface area contributed by atoms with Crippen LogP contribution < -0.4 is 4.74 Å². The first kappa shape index (κ1) is 11.7. The van der Waals surface area contributed by atoms with Crippen LogP contribution >= 0.6 is 0 Å². The number of aromatic nitrogens is 3. The van der Waals surface area contributed by atoms with E-state index in [4.69, 9.17) is 4.74 Å². The Bertz CT molecular complexity index is 746. The number of rotatable bonds is 2. The van der Waals surface area contributed by atoms with Gasteiger partial charge in [0, 0.05) is 41.5 Å². The van der Waals surface area contributed by atoms with Crippen LogP contribution in [0.2, 0.25) is 0 Å². The molecule has 0 fully saturated rings. The topological polar surface area (TPSA) is 39.9 Å². The second-order valence-electron chi connectivity index (χ2n) is 4.53. The van der Waals surface area contributed by atoms with Gasteiger partial charge in [0.15, 0.2) is 0 Å². The molecule has 0 unspecified atom stereocenters. The van der Waals surface area contributed by atoms with Gasteiger partial charge in [-0.1, -0.05) is 18.2 Å². The van der Waals surface area contributed by atoms with E-state index in [0.29, 0.717) is 5.88 Å². The molecule has 0 aliphatic rings. The molecule has 1 aromatic carbocycles. The Hall–Kier alpha value is -2.36. The van der Waals surface area contributed by atoms with E-state index in [1.165, 1.54) is 0 Å². The molecule has 2 aromatic heterocycles. The van der Waals surface area contributed by atoms with Gasteiger partial charge >= 0.3 is 0 Å². The van der Waals surface area contributed by atoms with Crippen molar-refractivity contribution in [2.75, 3.05) is 7.11 Å². The summed E-state index contributed by atoms with van der Waals surface area (Å²) in [6.45, 7) is 1.99. The monoisotopic (exact) mass is 253 g/mol. The molecule has 0 amide bonds. The predicted molar refractivity (Wildman–Crippen MR) is 75.2 cm³/mol. The van der Waals surface area contributed by atoms with E-state index >= 15 is 0 Å². The van der Waals surface area contributed by atoms with Gasteiger partial charge in [0.25, 0.3) is 0 Å². The zero-order chi connectivity index (χ0) is 13.4. The van der Waals surface area contributed by atoms with E-state index in [0.717, 1.165) is 27.7 Å². The van der Waals surface area contributed by atoms with Gasteiger partial charge in [-0.3, -0.25) is 4.68 Å². The Labute approximate surface area is 111 Å². The molecule has 4 heteroatoms. The summed E-state index contributed by atoms with van der Waals surface area (Å²) in [5.74, 6) is 0.634. The molecule has 0 saturated carbocycles. The van der Waals surface area contributed by atoms with Gasteiger partial charge < -0.3 is 4.74 Å². The summed E-state index contributed by atoms with van der Waals surface area (Å²) >= 11 is 0. The van der Waals surface area contributed by atoms with Crippen molar-refractivity contribution in [2.24, 2.45) is 7.05 Å². The van der Waals surface area contributed by atoms with Crippen molar-refractivity contribution in [1.82, 2.24) is 14.8 Å². The highest BCUT2D eigenvalue weighted by atomic mass is 16.5. The van der Waals surface area contributed by atoms with Crippen molar-refractivity contribution >= 4 is 10.9 Å². The van der Waals surface area contributed by atoms with Crippen LogP contribution in [0, 0.1) is 6.92 Å². The van der Waals surface area contributed by atoms with Crippen LogP contribution in [-0.2, 0) is 7.05 Å². The standard InChI is InChI=1S/C15H15N3O/c1-10-12(7-8-14(16-10)19-3)13-6-4-5-11-9-18(2)17-15(11)13/h4-9H,1-3H3. The molecular formula is C15H15N3O. The van der Waals surface area contributed by atoms with Crippen molar-refractivity contribution < 1.29 is 4.74 Å². The Balaban J connectivity index is 2.24. The maximum atomic E-state index is 5.15. The molecule has 0 atom stereocenters. The van der Waals surface area contributed by atoms with Crippen LogP contribution in [0.4, 0.5) is 0 Å². The van der Waals surface area contributed by atoms with Crippen LogP contribution in [0.15, 0.2) is 36.5 Å². The summed E-state index contributed by atoms with van der Waals surface area (Å²) in [5.41, 5.74) is 4.13. The molecule has 2 heterocycles.